The number of morpholine rings is 1. The Labute approximate surface area is 167 Å². The average molecular weight is 398 g/mol. The summed E-state index contributed by atoms with van der Waals surface area (Å²) in [4.78, 5) is 28.3. The summed E-state index contributed by atoms with van der Waals surface area (Å²) in [5.74, 6) is 1.57. The quantitative estimate of drug-likeness (QED) is 0.440. The molecule has 2 fully saturated rings. The SMILES string of the molecule is O=[N+]([O-])c1cccc(/C=N\Nc2nc(N3CCCC3)nc(N3CCOCC3)n2)c1. The number of hydrogen-bond donors (Lipinski definition) is 1. The number of hydrogen-bond acceptors (Lipinski definition) is 10. The minimum absolute atomic E-state index is 0.0139. The first-order valence-electron chi connectivity index (χ1n) is 9.56. The number of nitrogens with one attached hydrogen (secondary N) is 1. The van der Waals surface area contributed by atoms with Crippen molar-refractivity contribution in [2.45, 2.75) is 12.8 Å². The highest BCUT2D eigenvalue weighted by Gasteiger charge is 2.21. The van der Waals surface area contributed by atoms with E-state index in [0.29, 0.717) is 36.6 Å². The molecule has 1 N–H and O–H groups in total. The van der Waals surface area contributed by atoms with E-state index < -0.39 is 4.92 Å². The molecule has 0 unspecified atom stereocenters. The second kappa shape index (κ2) is 8.78. The molecule has 11 nitrogen and oxygen atoms in total. The zero-order valence-electron chi connectivity index (χ0n) is 15.9. The van der Waals surface area contributed by atoms with E-state index in [9.17, 15) is 10.1 Å². The second-order valence-corrected chi connectivity index (χ2v) is 6.77. The molecule has 0 aliphatic carbocycles. The van der Waals surface area contributed by atoms with Gasteiger partial charge in [-0.1, -0.05) is 12.1 Å². The van der Waals surface area contributed by atoms with Gasteiger partial charge in [0.05, 0.1) is 24.4 Å². The third-order valence-electron chi connectivity index (χ3n) is 4.75. The molecule has 0 saturated carbocycles. The average Bonchev–Trinajstić information content (AvgIpc) is 3.29. The third-order valence-corrected chi connectivity index (χ3v) is 4.75. The number of nitro groups is 1. The van der Waals surface area contributed by atoms with Gasteiger partial charge in [0.25, 0.3) is 5.69 Å². The van der Waals surface area contributed by atoms with Crippen molar-refractivity contribution in [1.29, 1.82) is 0 Å². The molecule has 0 amide bonds. The molecule has 2 aromatic rings. The van der Waals surface area contributed by atoms with Crippen LogP contribution >= 0.6 is 0 Å². The van der Waals surface area contributed by atoms with Crippen LogP contribution in [-0.2, 0) is 4.74 Å². The summed E-state index contributed by atoms with van der Waals surface area (Å²) in [6, 6.07) is 6.24. The van der Waals surface area contributed by atoms with Gasteiger partial charge in [0.1, 0.15) is 0 Å². The summed E-state index contributed by atoms with van der Waals surface area (Å²) < 4.78 is 5.41. The van der Waals surface area contributed by atoms with Crippen molar-refractivity contribution < 1.29 is 9.66 Å². The smallest absolute Gasteiger partial charge is 0.270 e. The number of hydrazone groups is 1. The summed E-state index contributed by atoms with van der Waals surface area (Å²) in [6.07, 6.45) is 3.74. The summed E-state index contributed by atoms with van der Waals surface area (Å²) in [6.45, 7) is 4.56. The summed E-state index contributed by atoms with van der Waals surface area (Å²) in [5.41, 5.74) is 3.46. The van der Waals surface area contributed by atoms with Gasteiger partial charge in [-0.05, 0) is 12.8 Å². The van der Waals surface area contributed by atoms with Gasteiger partial charge in [-0.15, -0.1) is 0 Å². The van der Waals surface area contributed by atoms with E-state index in [1.807, 2.05) is 0 Å². The number of aromatic nitrogens is 3. The van der Waals surface area contributed by atoms with E-state index in [1.165, 1.54) is 18.3 Å². The first kappa shape index (κ1) is 19.0. The number of non-ortho nitro benzene ring substituents is 1. The maximum Gasteiger partial charge on any atom is 0.270 e. The lowest BCUT2D eigenvalue weighted by atomic mass is 10.2. The number of rotatable bonds is 6. The molecule has 0 atom stereocenters. The number of ether oxygens (including phenoxy) is 1. The van der Waals surface area contributed by atoms with Gasteiger partial charge in [-0.3, -0.25) is 10.1 Å². The lowest BCUT2D eigenvalue weighted by Gasteiger charge is -2.27. The molecule has 0 radical (unpaired) electrons. The van der Waals surface area contributed by atoms with Crippen LogP contribution in [-0.4, -0.2) is 65.5 Å². The lowest BCUT2D eigenvalue weighted by molar-refractivity contribution is -0.384. The highest BCUT2D eigenvalue weighted by Crippen LogP contribution is 2.21. The maximum atomic E-state index is 10.9. The van der Waals surface area contributed by atoms with E-state index in [-0.39, 0.29) is 5.69 Å². The zero-order valence-corrected chi connectivity index (χ0v) is 15.9. The number of benzene rings is 1. The van der Waals surface area contributed by atoms with Crippen LogP contribution in [0, 0.1) is 10.1 Å². The van der Waals surface area contributed by atoms with E-state index >= 15 is 0 Å². The monoisotopic (exact) mass is 398 g/mol. The second-order valence-electron chi connectivity index (χ2n) is 6.77. The van der Waals surface area contributed by atoms with Crippen LogP contribution in [0.5, 0.6) is 0 Å². The first-order valence-corrected chi connectivity index (χ1v) is 9.56. The van der Waals surface area contributed by atoms with Gasteiger partial charge in [0.15, 0.2) is 0 Å². The van der Waals surface area contributed by atoms with Gasteiger partial charge in [0, 0.05) is 43.9 Å². The van der Waals surface area contributed by atoms with Crippen LogP contribution in [0.1, 0.15) is 18.4 Å². The van der Waals surface area contributed by atoms with Crippen LogP contribution in [0.2, 0.25) is 0 Å². The Morgan fingerprint density at radius 3 is 2.45 bits per heavy atom. The Hall–Kier alpha value is -3.34. The Morgan fingerprint density at radius 2 is 1.76 bits per heavy atom. The van der Waals surface area contributed by atoms with Crippen LogP contribution in [0.4, 0.5) is 23.5 Å². The van der Waals surface area contributed by atoms with Crippen molar-refractivity contribution in [2.75, 3.05) is 54.6 Å². The molecule has 1 aromatic carbocycles. The summed E-state index contributed by atoms with van der Waals surface area (Å²) in [7, 11) is 0. The van der Waals surface area contributed by atoms with Crippen LogP contribution in [0.15, 0.2) is 29.4 Å². The molecular formula is C18H22N8O3. The van der Waals surface area contributed by atoms with E-state index in [4.69, 9.17) is 4.74 Å². The van der Waals surface area contributed by atoms with Gasteiger partial charge in [-0.25, -0.2) is 5.43 Å². The van der Waals surface area contributed by atoms with E-state index in [2.05, 4.69) is 35.3 Å². The fourth-order valence-corrected chi connectivity index (χ4v) is 3.25. The van der Waals surface area contributed by atoms with Crippen molar-refractivity contribution in [3.63, 3.8) is 0 Å². The number of nitrogens with zero attached hydrogens (tertiary/aromatic N) is 7. The molecule has 29 heavy (non-hydrogen) atoms. The molecule has 4 rings (SSSR count). The highest BCUT2D eigenvalue weighted by atomic mass is 16.6. The van der Waals surface area contributed by atoms with Crippen molar-refractivity contribution in [3.8, 4) is 0 Å². The van der Waals surface area contributed by atoms with Crippen LogP contribution in [0.3, 0.4) is 0 Å². The van der Waals surface area contributed by atoms with Crippen LogP contribution < -0.4 is 15.2 Å². The summed E-state index contributed by atoms with van der Waals surface area (Å²) >= 11 is 0. The maximum absolute atomic E-state index is 10.9. The molecule has 2 saturated heterocycles. The molecular weight excluding hydrogens is 376 g/mol. The van der Waals surface area contributed by atoms with Gasteiger partial charge >= 0.3 is 0 Å². The van der Waals surface area contributed by atoms with Crippen LogP contribution in [0.25, 0.3) is 0 Å². The predicted molar refractivity (Wildman–Crippen MR) is 109 cm³/mol. The zero-order chi connectivity index (χ0) is 20.1. The Bertz CT molecular complexity index is 894. The third kappa shape index (κ3) is 4.74. The largest absolute Gasteiger partial charge is 0.378 e. The Kier molecular flexibility index (Phi) is 5.75. The van der Waals surface area contributed by atoms with E-state index in [1.54, 1.807) is 12.1 Å². The molecule has 2 aliphatic heterocycles. The predicted octanol–water partition coefficient (Wildman–Crippen LogP) is 1.66. The highest BCUT2D eigenvalue weighted by molar-refractivity contribution is 5.81. The lowest BCUT2D eigenvalue weighted by Crippen LogP contribution is -2.38. The number of nitro benzene ring substituents is 1. The Balaban J connectivity index is 1.54. The van der Waals surface area contributed by atoms with E-state index in [0.717, 1.165) is 39.0 Å². The van der Waals surface area contributed by atoms with Crippen molar-refractivity contribution in [3.05, 3.63) is 39.9 Å². The Morgan fingerprint density at radius 1 is 1.07 bits per heavy atom. The fourth-order valence-electron chi connectivity index (χ4n) is 3.25. The molecule has 0 bridgehead atoms. The molecule has 2 aliphatic rings. The minimum Gasteiger partial charge on any atom is -0.378 e. The van der Waals surface area contributed by atoms with Crippen molar-refractivity contribution in [2.24, 2.45) is 5.10 Å². The summed E-state index contributed by atoms with van der Waals surface area (Å²) in [5, 5.41) is 15.1. The molecule has 1 aromatic heterocycles. The molecule has 11 heteroatoms. The fraction of sp³-hybridized carbons (Fsp3) is 0.444. The first-order chi connectivity index (χ1) is 14.2. The minimum atomic E-state index is -0.437. The topological polar surface area (TPSA) is 122 Å². The standard InChI is InChI=1S/C18H22N8O3/c27-26(28)15-5-3-4-14(12-15)13-19-23-16-20-17(24-6-1-2-7-24)22-18(21-16)25-8-10-29-11-9-25/h3-5,12-13H,1-2,6-11H2,(H,20,21,22,23)/b19-13-. The van der Waals surface area contributed by atoms with Crippen molar-refractivity contribution in [1.82, 2.24) is 15.0 Å². The molecule has 3 heterocycles. The van der Waals surface area contributed by atoms with Gasteiger partial charge in [-0.2, -0.15) is 20.1 Å². The van der Waals surface area contributed by atoms with Gasteiger partial charge < -0.3 is 14.5 Å². The normalized spacial score (nSPS) is 17.1. The molecule has 152 valence electrons. The van der Waals surface area contributed by atoms with Gasteiger partial charge in [0.2, 0.25) is 17.8 Å². The molecule has 0 spiro atoms. The van der Waals surface area contributed by atoms with Crippen molar-refractivity contribution >= 4 is 29.7 Å². The number of anilines is 3.